The van der Waals surface area contributed by atoms with Crippen LogP contribution in [0.1, 0.15) is 41.5 Å². The van der Waals surface area contributed by atoms with Crippen LogP contribution in [0.2, 0.25) is 0 Å². The molecule has 1 saturated heterocycles. The molecule has 0 aromatic rings. The molecular formula is C13H23NO4S. The highest BCUT2D eigenvalue weighted by Crippen LogP contribution is 2.30. The molecule has 6 heteroatoms. The van der Waals surface area contributed by atoms with Crippen LogP contribution in [0.25, 0.3) is 0 Å². The first-order valence-electron chi connectivity index (χ1n) is 6.32. The van der Waals surface area contributed by atoms with Crippen molar-refractivity contribution in [2.24, 2.45) is 0 Å². The first-order chi connectivity index (χ1) is 8.53. The molecule has 1 atom stereocenters. The monoisotopic (exact) mass is 289 g/mol. The second-order valence-electron chi connectivity index (χ2n) is 6.06. The molecule has 0 radical (unpaired) electrons. The summed E-state index contributed by atoms with van der Waals surface area (Å²) in [6.45, 7) is 11.1. The van der Waals surface area contributed by atoms with Crippen LogP contribution in [-0.4, -0.2) is 45.8 Å². The zero-order valence-corrected chi connectivity index (χ0v) is 13.3. The number of ether oxygens (including phenoxy) is 2. The van der Waals surface area contributed by atoms with Crippen LogP contribution in [0.15, 0.2) is 0 Å². The molecule has 0 aliphatic carbocycles. The number of carbonyl (C=O) groups is 2. The van der Waals surface area contributed by atoms with E-state index in [0.717, 1.165) is 0 Å². The van der Waals surface area contributed by atoms with E-state index in [1.807, 2.05) is 34.6 Å². The fraction of sp³-hybridized carbons (Fsp3) is 0.846. The molecular weight excluding hydrogens is 266 g/mol. The third kappa shape index (κ3) is 4.69. The summed E-state index contributed by atoms with van der Waals surface area (Å²) in [5.74, 6) is 0.526. The Labute approximate surface area is 119 Å². The van der Waals surface area contributed by atoms with E-state index >= 15 is 0 Å². The van der Waals surface area contributed by atoms with Gasteiger partial charge in [-0.25, -0.2) is 4.79 Å². The molecule has 1 aliphatic rings. The van der Waals surface area contributed by atoms with E-state index in [1.54, 1.807) is 4.90 Å². The van der Waals surface area contributed by atoms with Gasteiger partial charge in [0.25, 0.3) is 0 Å². The fourth-order valence-corrected chi connectivity index (χ4v) is 2.57. The van der Waals surface area contributed by atoms with Gasteiger partial charge in [0.05, 0.1) is 12.6 Å². The first-order valence-corrected chi connectivity index (χ1v) is 7.31. The molecule has 110 valence electrons. The third-order valence-electron chi connectivity index (χ3n) is 2.64. The molecule has 5 nitrogen and oxygen atoms in total. The Morgan fingerprint density at radius 1 is 1.42 bits per heavy atom. The molecule has 0 unspecified atom stereocenters. The topological polar surface area (TPSA) is 55.8 Å². The zero-order chi connectivity index (χ0) is 14.8. The van der Waals surface area contributed by atoms with Crippen molar-refractivity contribution in [1.82, 2.24) is 4.90 Å². The summed E-state index contributed by atoms with van der Waals surface area (Å²) in [7, 11) is 0. The number of nitrogens with zero attached hydrogens (tertiary/aromatic N) is 1. The van der Waals surface area contributed by atoms with Gasteiger partial charge >= 0.3 is 6.09 Å². The number of amides is 1. The summed E-state index contributed by atoms with van der Waals surface area (Å²) in [5, 5.41) is 0.0360. The molecule has 0 aromatic heterocycles. The van der Waals surface area contributed by atoms with E-state index in [2.05, 4.69) is 0 Å². The van der Waals surface area contributed by atoms with Gasteiger partial charge in [-0.3, -0.25) is 9.69 Å². The van der Waals surface area contributed by atoms with E-state index in [4.69, 9.17) is 9.47 Å². The van der Waals surface area contributed by atoms with Crippen LogP contribution >= 0.6 is 11.8 Å². The number of carbonyl (C=O) groups excluding carboxylic acids is 2. The molecule has 0 N–H and O–H groups in total. The summed E-state index contributed by atoms with van der Waals surface area (Å²) in [6.07, 6.45) is -0.399. The standard InChI is InChI=1S/C13H23NO4S/c1-9(15)19-8-10-7-17-13(5,6)14(10)11(16)18-12(2,3)4/h10H,7-8H2,1-6H3/t10-/m1/s1. The van der Waals surface area contributed by atoms with Crippen molar-refractivity contribution in [3.05, 3.63) is 0 Å². The quantitative estimate of drug-likeness (QED) is 0.782. The highest BCUT2D eigenvalue weighted by molar-refractivity contribution is 8.13. The van der Waals surface area contributed by atoms with Crippen LogP contribution < -0.4 is 0 Å². The lowest BCUT2D eigenvalue weighted by atomic mass is 10.2. The summed E-state index contributed by atoms with van der Waals surface area (Å²) in [6, 6.07) is -0.140. The van der Waals surface area contributed by atoms with Crippen molar-refractivity contribution in [3.63, 3.8) is 0 Å². The molecule has 1 rings (SSSR count). The highest BCUT2D eigenvalue weighted by Gasteiger charge is 2.45. The van der Waals surface area contributed by atoms with Crippen molar-refractivity contribution >= 4 is 23.0 Å². The van der Waals surface area contributed by atoms with Crippen molar-refractivity contribution < 1.29 is 19.1 Å². The largest absolute Gasteiger partial charge is 0.444 e. The average Bonchev–Trinajstić information content (AvgIpc) is 2.47. The van der Waals surface area contributed by atoms with E-state index < -0.39 is 17.4 Å². The molecule has 1 amide bonds. The molecule has 0 aromatic carbocycles. The smallest absolute Gasteiger partial charge is 0.412 e. The summed E-state index contributed by atoms with van der Waals surface area (Å²) < 4.78 is 11.0. The van der Waals surface area contributed by atoms with E-state index in [-0.39, 0.29) is 11.2 Å². The maximum Gasteiger partial charge on any atom is 0.412 e. The molecule has 0 bridgehead atoms. The Kier molecular flexibility index (Phi) is 4.90. The van der Waals surface area contributed by atoms with Gasteiger partial charge < -0.3 is 9.47 Å². The predicted molar refractivity (Wildman–Crippen MR) is 75.0 cm³/mol. The van der Waals surface area contributed by atoms with Crippen LogP contribution in [0.5, 0.6) is 0 Å². The summed E-state index contributed by atoms with van der Waals surface area (Å²) in [4.78, 5) is 24.9. The maximum atomic E-state index is 12.3. The van der Waals surface area contributed by atoms with Crippen molar-refractivity contribution in [2.45, 2.75) is 58.9 Å². The van der Waals surface area contributed by atoms with Crippen molar-refractivity contribution in [2.75, 3.05) is 12.4 Å². The summed E-state index contributed by atoms with van der Waals surface area (Å²) >= 11 is 1.20. The number of hydrogen-bond donors (Lipinski definition) is 0. The SMILES string of the molecule is CC(=O)SC[C@H]1COC(C)(C)N1C(=O)OC(C)(C)C. The molecule has 1 heterocycles. The predicted octanol–water partition coefficient (Wildman–Crippen LogP) is 2.64. The van der Waals surface area contributed by atoms with E-state index in [1.165, 1.54) is 18.7 Å². The number of hydrogen-bond acceptors (Lipinski definition) is 5. The second-order valence-corrected chi connectivity index (χ2v) is 7.26. The van der Waals surface area contributed by atoms with Crippen LogP contribution in [0.3, 0.4) is 0 Å². The number of thioether (sulfide) groups is 1. The third-order valence-corrected chi connectivity index (χ3v) is 3.60. The lowest BCUT2D eigenvalue weighted by Crippen LogP contribution is -2.50. The van der Waals surface area contributed by atoms with Gasteiger partial charge in [0, 0.05) is 12.7 Å². The lowest BCUT2D eigenvalue weighted by Gasteiger charge is -2.34. The van der Waals surface area contributed by atoms with Crippen molar-refractivity contribution in [1.29, 1.82) is 0 Å². The zero-order valence-electron chi connectivity index (χ0n) is 12.5. The Bertz CT molecular complexity index is 362. The van der Waals surface area contributed by atoms with Gasteiger partial charge in [-0.05, 0) is 34.6 Å². The minimum absolute atomic E-state index is 0.0360. The molecule has 0 spiro atoms. The molecule has 19 heavy (non-hydrogen) atoms. The van der Waals surface area contributed by atoms with Gasteiger partial charge in [0.15, 0.2) is 5.12 Å². The Morgan fingerprint density at radius 2 is 2.00 bits per heavy atom. The molecule has 1 fully saturated rings. The highest BCUT2D eigenvalue weighted by atomic mass is 32.2. The average molecular weight is 289 g/mol. The molecule has 0 saturated carbocycles. The second kappa shape index (κ2) is 5.71. The van der Waals surface area contributed by atoms with Gasteiger partial charge in [0.1, 0.15) is 11.3 Å². The van der Waals surface area contributed by atoms with Crippen molar-refractivity contribution in [3.8, 4) is 0 Å². The minimum Gasteiger partial charge on any atom is -0.444 e. The van der Waals surface area contributed by atoms with Gasteiger partial charge in [0.2, 0.25) is 0 Å². The molecule has 1 aliphatic heterocycles. The lowest BCUT2D eigenvalue weighted by molar-refractivity contribution is -0.109. The Hall–Kier alpha value is -0.750. The number of rotatable bonds is 2. The minimum atomic E-state index is -0.704. The summed E-state index contributed by atoms with van der Waals surface area (Å²) in [5.41, 5.74) is -1.25. The van der Waals surface area contributed by atoms with Gasteiger partial charge in [-0.15, -0.1) is 0 Å². The Balaban J connectivity index is 2.78. The van der Waals surface area contributed by atoms with Gasteiger partial charge in [-0.1, -0.05) is 11.8 Å². The Morgan fingerprint density at radius 3 is 2.47 bits per heavy atom. The van der Waals surface area contributed by atoms with Crippen LogP contribution in [0, 0.1) is 0 Å². The first kappa shape index (κ1) is 16.3. The van der Waals surface area contributed by atoms with E-state index in [9.17, 15) is 9.59 Å². The van der Waals surface area contributed by atoms with Crippen LogP contribution in [-0.2, 0) is 14.3 Å². The van der Waals surface area contributed by atoms with E-state index in [0.29, 0.717) is 12.4 Å². The van der Waals surface area contributed by atoms with Crippen LogP contribution in [0.4, 0.5) is 4.79 Å². The van der Waals surface area contributed by atoms with Gasteiger partial charge in [-0.2, -0.15) is 0 Å². The fourth-order valence-electron chi connectivity index (χ4n) is 1.90. The normalized spacial score (nSPS) is 22.4. The maximum absolute atomic E-state index is 12.3.